The maximum atomic E-state index is 13.4. The Labute approximate surface area is 96.7 Å². The molecule has 0 atom stereocenters. The highest BCUT2D eigenvalue weighted by Gasteiger charge is 2.12. The van der Waals surface area contributed by atoms with Crippen LogP contribution in [0.2, 0.25) is 0 Å². The van der Waals surface area contributed by atoms with Gasteiger partial charge in [-0.05, 0) is 12.5 Å². The van der Waals surface area contributed by atoms with Crippen molar-refractivity contribution in [2.45, 2.75) is 13.5 Å². The molecule has 1 rings (SSSR count). The third kappa shape index (κ3) is 3.31. The Bertz CT molecular complexity index is 351. The zero-order chi connectivity index (χ0) is 11.4. The van der Waals surface area contributed by atoms with Crippen LogP contribution in [-0.4, -0.2) is 11.4 Å². The Balaban J connectivity index is 2.82. The summed E-state index contributed by atoms with van der Waals surface area (Å²) in [5, 5.41) is 0. The highest BCUT2D eigenvalue weighted by molar-refractivity contribution is 7.92. The standard InChI is InChI=1S/C9H10ClF2NOS/c1-6-3-4-7(9(12)8(6)11)5-13(2)15-14-10/h3-4H,5H2,1-2H3. The molecule has 0 unspecified atom stereocenters. The lowest BCUT2D eigenvalue weighted by Gasteiger charge is -2.13. The molecule has 0 radical (unpaired) electrons. The number of benzene rings is 1. The first-order valence-electron chi connectivity index (χ1n) is 4.16. The number of hydrogen-bond acceptors (Lipinski definition) is 3. The van der Waals surface area contributed by atoms with Gasteiger partial charge < -0.3 is 0 Å². The Hall–Kier alpha value is -0.360. The van der Waals surface area contributed by atoms with E-state index in [-0.39, 0.29) is 12.1 Å². The van der Waals surface area contributed by atoms with Gasteiger partial charge in [0, 0.05) is 19.2 Å². The summed E-state index contributed by atoms with van der Waals surface area (Å²) in [5.41, 5.74) is 0.557. The van der Waals surface area contributed by atoms with Gasteiger partial charge in [0.05, 0.1) is 11.9 Å². The van der Waals surface area contributed by atoms with Gasteiger partial charge in [0.15, 0.2) is 11.6 Å². The second-order valence-electron chi connectivity index (χ2n) is 3.09. The minimum absolute atomic E-state index is 0.209. The number of rotatable bonds is 4. The van der Waals surface area contributed by atoms with E-state index in [1.807, 2.05) is 0 Å². The van der Waals surface area contributed by atoms with Gasteiger partial charge >= 0.3 is 0 Å². The Morgan fingerprint density at radius 3 is 2.67 bits per heavy atom. The zero-order valence-corrected chi connectivity index (χ0v) is 9.83. The fraction of sp³-hybridized carbons (Fsp3) is 0.333. The van der Waals surface area contributed by atoms with Crippen molar-refractivity contribution in [3.05, 3.63) is 34.9 Å². The number of aryl methyl sites for hydroxylation is 1. The van der Waals surface area contributed by atoms with E-state index in [2.05, 4.69) is 3.74 Å². The zero-order valence-electron chi connectivity index (χ0n) is 8.26. The summed E-state index contributed by atoms with van der Waals surface area (Å²) in [4.78, 5) is 0. The first kappa shape index (κ1) is 12.7. The van der Waals surface area contributed by atoms with Crippen molar-refractivity contribution in [3.63, 3.8) is 0 Å². The van der Waals surface area contributed by atoms with Gasteiger partial charge in [-0.15, -0.1) is 0 Å². The van der Waals surface area contributed by atoms with Crippen LogP contribution in [-0.2, 0) is 10.3 Å². The van der Waals surface area contributed by atoms with E-state index in [1.165, 1.54) is 13.0 Å². The van der Waals surface area contributed by atoms with Crippen molar-refractivity contribution in [2.24, 2.45) is 0 Å². The van der Waals surface area contributed by atoms with E-state index in [0.717, 1.165) is 12.2 Å². The highest BCUT2D eigenvalue weighted by atomic mass is 35.5. The van der Waals surface area contributed by atoms with Crippen LogP contribution in [0.3, 0.4) is 0 Å². The highest BCUT2D eigenvalue weighted by Crippen LogP contribution is 2.20. The largest absolute Gasteiger partial charge is 0.224 e. The maximum Gasteiger partial charge on any atom is 0.163 e. The molecule has 0 amide bonds. The van der Waals surface area contributed by atoms with Gasteiger partial charge in [-0.3, -0.25) is 0 Å². The van der Waals surface area contributed by atoms with Crippen molar-refractivity contribution in [1.29, 1.82) is 0 Å². The van der Waals surface area contributed by atoms with E-state index < -0.39 is 11.6 Å². The molecule has 0 aliphatic rings. The molecule has 1 aromatic rings. The molecule has 0 N–H and O–H groups in total. The summed E-state index contributed by atoms with van der Waals surface area (Å²) < 4.78 is 32.4. The smallest absolute Gasteiger partial charge is 0.163 e. The molecule has 6 heteroatoms. The van der Waals surface area contributed by atoms with Crippen molar-refractivity contribution in [3.8, 4) is 0 Å². The lowest BCUT2D eigenvalue weighted by molar-refractivity contribution is 0.463. The lowest BCUT2D eigenvalue weighted by Crippen LogP contribution is -2.10. The minimum atomic E-state index is -0.822. The van der Waals surface area contributed by atoms with Crippen molar-refractivity contribution >= 4 is 24.1 Å². The van der Waals surface area contributed by atoms with Gasteiger partial charge in [0.2, 0.25) is 0 Å². The minimum Gasteiger partial charge on any atom is -0.224 e. The van der Waals surface area contributed by atoms with Crippen molar-refractivity contribution in [1.82, 2.24) is 4.31 Å². The normalized spacial score (nSPS) is 11.1. The first-order chi connectivity index (χ1) is 7.06. The molecule has 0 aliphatic heterocycles. The van der Waals surface area contributed by atoms with Crippen molar-refractivity contribution in [2.75, 3.05) is 7.05 Å². The van der Waals surface area contributed by atoms with Gasteiger partial charge in [-0.25, -0.2) is 13.1 Å². The molecule has 0 bridgehead atoms. The van der Waals surface area contributed by atoms with Crippen LogP contribution in [0.1, 0.15) is 11.1 Å². The van der Waals surface area contributed by atoms with Crippen LogP contribution in [0.5, 0.6) is 0 Å². The van der Waals surface area contributed by atoms with Crippen molar-refractivity contribution < 1.29 is 12.5 Å². The fourth-order valence-electron chi connectivity index (χ4n) is 1.12. The number of nitrogens with zero attached hydrogens (tertiary/aromatic N) is 1. The quantitative estimate of drug-likeness (QED) is 0.603. The molecule has 0 fully saturated rings. The molecule has 0 aromatic heterocycles. The SMILES string of the molecule is Cc1ccc(CN(C)SOCl)c(F)c1F. The van der Waals surface area contributed by atoms with Crippen LogP contribution < -0.4 is 0 Å². The molecule has 0 heterocycles. The Morgan fingerprint density at radius 2 is 2.07 bits per heavy atom. The molecule has 0 aliphatic carbocycles. The number of halogens is 3. The molecular formula is C9H10ClF2NOS. The lowest BCUT2D eigenvalue weighted by atomic mass is 10.1. The summed E-state index contributed by atoms with van der Waals surface area (Å²) in [6.07, 6.45) is 0. The van der Waals surface area contributed by atoms with E-state index in [9.17, 15) is 8.78 Å². The van der Waals surface area contributed by atoms with E-state index in [4.69, 9.17) is 11.9 Å². The summed E-state index contributed by atoms with van der Waals surface area (Å²) in [7, 11) is 1.66. The maximum absolute atomic E-state index is 13.4. The van der Waals surface area contributed by atoms with E-state index >= 15 is 0 Å². The van der Waals surface area contributed by atoms with Gasteiger partial charge in [-0.1, -0.05) is 12.1 Å². The predicted octanol–water partition coefficient (Wildman–Crippen LogP) is 3.44. The molecular weight excluding hydrogens is 244 g/mol. The summed E-state index contributed by atoms with van der Waals surface area (Å²) in [6.45, 7) is 1.73. The van der Waals surface area contributed by atoms with Gasteiger partial charge in [0.1, 0.15) is 12.2 Å². The van der Waals surface area contributed by atoms with E-state index in [1.54, 1.807) is 17.4 Å². The number of hydrogen-bond donors (Lipinski definition) is 0. The Kier molecular flexibility index (Phi) is 4.79. The van der Waals surface area contributed by atoms with E-state index in [0.29, 0.717) is 5.56 Å². The van der Waals surface area contributed by atoms with Crippen LogP contribution in [0.4, 0.5) is 8.78 Å². The average molecular weight is 254 g/mol. The average Bonchev–Trinajstić information content (AvgIpc) is 2.20. The third-order valence-electron chi connectivity index (χ3n) is 1.90. The van der Waals surface area contributed by atoms with Gasteiger partial charge in [-0.2, -0.15) is 3.74 Å². The monoisotopic (exact) mass is 253 g/mol. The summed E-state index contributed by atoms with van der Waals surface area (Å²) >= 11 is 5.87. The molecule has 1 aromatic carbocycles. The molecule has 0 spiro atoms. The third-order valence-corrected chi connectivity index (χ3v) is 2.51. The summed E-state index contributed by atoms with van der Waals surface area (Å²) in [5.74, 6) is -1.63. The van der Waals surface area contributed by atoms with Gasteiger partial charge in [0.25, 0.3) is 0 Å². The fourth-order valence-corrected chi connectivity index (χ4v) is 1.70. The Morgan fingerprint density at radius 1 is 1.40 bits per heavy atom. The summed E-state index contributed by atoms with van der Waals surface area (Å²) in [6, 6.07) is 3.08. The van der Waals surface area contributed by atoms with Crippen LogP contribution >= 0.6 is 24.1 Å². The molecule has 0 saturated carbocycles. The first-order valence-corrected chi connectivity index (χ1v) is 5.17. The van der Waals surface area contributed by atoms with Crippen LogP contribution in [0, 0.1) is 18.6 Å². The predicted molar refractivity (Wildman–Crippen MR) is 57.1 cm³/mol. The van der Waals surface area contributed by atoms with Crippen LogP contribution in [0.25, 0.3) is 0 Å². The topological polar surface area (TPSA) is 12.5 Å². The molecule has 0 saturated heterocycles. The molecule has 84 valence electrons. The van der Waals surface area contributed by atoms with Crippen LogP contribution in [0.15, 0.2) is 12.1 Å². The second-order valence-corrected chi connectivity index (χ2v) is 4.37. The molecule has 2 nitrogen and oxygen atoms in total. The second kappa shape index (κ2) is 5.65. The molecule has 15 heavy (non-hydrogen) atoms.